The van der Waals surface area contributed by atoms with Crippen LogP contribution in [0.4, 0.5) is 0 Å². The highest BCUT2D eigenvalue weighted by Gasteiger charge is 2.21. The fourth-order valence-electron chi connectivity index (χ4n) is 2.92. The monoisotopic (exact) mass is 379 g/mol. The zero-order chi connectivity index (χ0) is 19.1. The van der Waals surface area contributed by atoms with Gasteiger partial charge in [-0.2, -0.15) is 0 Å². The number of pyridine rings is 1. The van der Waals surface area contributed by atoms with Gasteiger partial charge in [0.2, 0.25) is 5.91 Å². The summed E-state index contributed by atoms with van der Waals surface area (Å²) in [6, 6.07) is 14.3. The number of hydrogen-bond donors (Lipinski definition) is 1. The van der Waals surface area contributed by atoms with Crippen LogP contribution >= 0.6 is 11.3 Å². The normalized spacial score (nSPS) is 11.3. The second-order valence-electron chi connectivity index (χ2n) is 7.24. The van der Waals surface area contributed by atoms with Gasteiger partial charge >= 0.3 is 0 Å². The number of carbonyl (C=O) groups is 1. The predicted octanol–water partition coefficient (Wildman–Crippen LogP) is 4.62. The average molecular weight is 380 g/mol. The third-order valence-electron chi connectivity index (χ3n) is 4.70. The van der Waals surface area contributed by atoms with Crippen LogP contribution in [-0.4, -0.2) is 22.4 Å². The van der Waals surface area contributed by atoms with Gasteiger partial charge in [-0.05, 0) is 29.5 Å². The van der Waals surface area contributed by atoms with Gasteiger partial charge in [0.15, 0.2) is 0 Å². The molecule has 0 aliphatic rings. The lowest BCUT2D eigenvalue weighted by Crippen LogP contribution is -2.28. The summed E-state index contributed by atoms with van der Waals surface area (Å²) >= 11 is 1.61. The van der Waals surface area contributed by atoms with Crippen LogP contribution < -0.4 is 5.32 Å². The van der Waals surface area contributed by atoms with E-state index < -0.39 is 0 Å². The predicted molar refractivity (Wildman–Crippen MR) is 111 cm³/mol. The van der Waals surface area contributed by atoms with Crippen molar-refractivity contribution in [1.82, 2.24) is 15.3 Å². The van der Waals surface area contributed by atoms with E-state index in [2.05, 4.69) is 41.3 Å². The molecule has 3 aromatic rings. The highest BCUT2D eigenvalue weighted by Crippen LogP contribution is 2.28. The number of hydrogen-bond acceptors (Lipinski definition) is 4. The summed E-state index contributed by atoms with van der Waals surface area (Å²) in [5.41, 5.74) is 3.29. The number of nitrogens with one attached hydrogen (secondary N) is 1. The third-order valence-corrected chi connectivity index (χ3v) is 5.64. The number of benzene rings is 1. The Bertz CT molecular complexity index is 860. The molecule has 0 atom stereocenters. The van der Waals surface area contributed by atoms with E-state index in [1.54, 1.807) is 17.5 Å². The van der Waals surface area contributed by atoms with Crippen molar-refractivity contribution >= 4 is 17.2 Å². The van der Waals surface area contributed by atoms with Crippen molar-refractivity contribution in [2.45, 2.75) is 38.5 Å². The molecular weight excluding hydrogens is 354 g/mol. The summed E-state index contributed by atoms with van der Waals surface area (Å²) in [5, 5.41) is 6.03. The van der Waals surface area contributed by atoms with Gasteiger partial charge in [-0.25, -0.2) is 4.98 Å². The Hall–Kier alpha value is -2.53. The van der Waals surface area contributed by atoms with Crippen molar-refractivity contribution < 1.29 is 4.79 Å². The molecule has 3 rings (SSSR count). The highest BCUT2D eigenvalue weighted by atomic mass is 32.1. The maximum absolute atomic E-state index is 12.2. The van der Waals surface area contributed by atoms with Gasteiger partial charge in [-0.1, -0.05) is 44.2 Å². The number of thiazole rings is 1. The summed E-state index contributed by atoms with van der Waals surface area (Å²) < 4.78 is 0. The molecule has 1 amide bonds. The van der Waals surface area contributed by atoms with Crippen molar-refractivity contribution in [3.05, 3.63) is 71.5 Å². The summed E-state index contributed by atoms with van der Waals surface area (Å²) in [6.45, 7) is 4.98. The topological polar surface area (TPSA) is 54.9 Å². The maximum Gasteiger partial charge on any atom is 0.220 e. The van der Waals surface area contributed by atoms with E-state index in [9.17, 15) is 4.79 Å². The van der Waals surface area contributed by atoms with E-state index in [-0.39, 0.29) is 11.3 Å². The van der Waals surface area contributed by atoms with Crippen molar-refractivity contribution in [3.8, 4) is 10.6 Å². The van der Waals surface area contributed by atoms with Gasteiger partial charge in [0.25, 0.3) is 0 Å². The molecule has 0 aliphatic carbocycles. The van der Waals surface area contributed by atoms with Crippen molar-refractivity contribution in [2.75, 3.05) is 6.54 Å². The number of amides is 1. The molecule has 27 heavy (non-hydrogen) atoms. The smallest absolute Gasteiger partial charge is 0.220 e. The number of aromatic nitrogens is 2. The minimum absolute atomic E-state index is 0.00780. The van der Waals surface area contributed by atoms with Gasteiger partial charge in [-0.15, -0.1) is 11.3 Å². The summed E-state index contributed by atoms with van der Waals surface area (Å²) in [4.78, 5) is 21.0. The molecule has 0 saturated carbocycles. The molecule has 2 aromatic heterocycles. The van der Waals surface area contributed by atoms with E-state index in [0.717, 1.165) is 29.1 Å². The molecule has 0 unspecified atom stereocenters. The van der Waals surface area contributed by atoms with Gasteiger partial charge in [-0.3, -0.25) is 9.78 Å². The van der Waals surface area contributed by atoms with Gasteiger partial charge in [0.05, 0.1) is 5.69 Å². The van der Waals surface area contributed by atoms with Gasteiger partial charge in [0, 0.05) is 42.7 Å². The first-order valence-electron chi connectivity index (χ1n) is 9.22. The molecule has 1 aromatic carbocycles. The Kier molecular flexibility index (Phi) is 6.35. The molecule has 5 heteroatoms. The van der Waals surface area contributed by atoms with Crippen LogP contribution in [0, 0.1) is 0 Å². The zero-order valence-corrected chi connectivity index (χ0v) is 16.6. The third kappa shape index (κ3) is 5.47. The van der Waals surface area contributed by atoms with E-state index in [1.807, 2.05) is 41.9 Å². The second kappa shape index (κ2) is 8.91. The lowest BCUT2D eigenvalue weighted by Gasteiger charge is -2.25. The molecule has 140 valence electrons. The maximum atomic E-state index is 12.2. The zero-order valence-electron chi connectivity index (χ0n) is 15.8. The first-order valence-corrected chi connectivity index (χ1v) is 10.1. The first-order chi connectivity index (χ1) is 13.0. The van der Waals surface area contributed by atoms with Crippen LogP contribution in [0.15, 0.2) is 60.2 Å². The Morgan fingerprint density at radius 1 is 1.15 bits per heavy atom. The molecule has 2 heterocycles. The van der Waals surface area contributed by atoms with Gasteiger partial charge in [0.1, 0.15) is 5.01 Å². The fourth-order valence-corrected chi connectivity index (χ4v) is 3.77. The van der Waals surface area contributed by atoms with E-state index in [1.165, 1.54) is 5.56 Å². The van der Waals surface area contributed by atoms with Crippen LogP contribution in [0.3, 0.4) is 0 Å². The largest absolute Gasteiger partial charge is 0.356 e. The molecular formula is C22H25N3OS. The average Bonchev–Trinajstić information content (AvgIpc) is 3.17. The molecule has 0 saturated heterocycles. The van der Waals surface area contributed by atoms with Crippen molar-refractivity contribution in [3.63, 3.8) is 0 Å². The quantitative estimate of drug-likeness (QED) is 0.621. The second-order valence-corrected chi connectivity index (χ2v) is 8.09. The van der Waals surface area contributed by atoms with E-state index >= 15 is 0 Å². The Balaban J connectivity index is 1.43. The van der Waals surface area contributed by atoms with E-state index in [0.29, 0.717) is 13.0 Å². The number of rotatable bonds is 8. The summed E-state index contributed by atoms with van der Waals surface area (Å²) in [5.74, 6) is 0.0988. The van der Waals surface area contributed by atoms with Crippen LogP contribution in [-0.2, 0) is 16.6 Å². The lowest BCUT2D eigenvalue weighted by atomic mass is 9.80. The standard InChI is InChI=1S/C22H25N3OS/c1-22(2,18-8-4-3-5-9-18)12-10-20(26)24-14-11-19-16-27-21(25-19)17-7-6-13-23-15-17/h3-9,13,15-16H,10-12,14H2,1-2H3,(H,24,26). The number of carbonyl (C=O) groups excluding carboxylic acids is 1. The number of nitrogens with zero attached hydrogens (tertiary/aromatic N) is 2. The molecule has 0 radical (unpaired) electrons. The molecule has 0 fully saturated rings. The Morgan fingerprint density at radius 3 is 2.70 bits per heavy atom. The first kappa shape index (κ1) is 19.2. The van der Waals surface area contributed by atoms with E-state index in [4.69, 9.17) is 0 Å². The highest BCUT2D eigenvalue weighted by molar-refractivity contribution is 7.13. The molecule has 0 bridgehead atoms. The summed E-state index contributed by atoms with van der Waals surface area (Å²) in [7, 11) is 0. The van der Waals surface area contributed by atoms with Crippen molar-refractivity contribution in [2.24, 2.45) is 0 Å². The molecule has 0 aliphatic heterocycles. The van der Waals surface area contributed by atoms with Crippen LogP contribution in [0.1, 0.15) is 37.9 Å². The summed E-state index contributed by atoms with van der Waals surface area (Å²) in [6.07, 6.45) is 5.67. The molecule has 1 N–H and O–H groups in total. The minimum atomic E-state index is -0.00780. The lowest BCUT2D eigenvalue weighted by molar-refractivity contribution is -0.121. The van der Waals surface area contributed by atoms with Crippen molar-refractivity contribution in [1.29, 1.82) is 0 Å². The minimum Gasteiger partial charge on any atom is -0.356 e. The molecule has 0 spiro atoms. The fraction of sp³-hybridized carbons (Fsp3) is 0.318. The van der Waals surface area contributed by atoms with Crippen LogP contribution in [0.25, 0.3) is 10.6 Å². The Labute approximate surface area is 164 Å². The Morgan fingerprint density at radius 2 is 1.96 bits per heavy atom. The van der Waals surface area contributed by atoms with Crippen LogP contribution in [0.5, 0.6) is 0 Å². The van der Waals surface area contributed by atoms with Crippen LogP contribution in [0.2, 0.25) is 0 Å². The van der Waals surface area contributed by atoms with Gasteiger partial charge < -0.3 is 5.32 Å². The SMILES string of the molecule is CC(C)(CCC(=O)NCCc1csc(-c2cccnc2)n1)c1ccccc1. The molecule has 4 nitrogen and oxygen atoms in total.